The van der Waals surface area contributed by atoms with Gasteiger partial charge in [-0.05, 0) is 41.0 Å². The number of aliphatic hydroxyl groups is 1. The quantitative estimate of drug-likeness (QED) is 0.822. The van der Waals surface area contributed by atoms with Crippen LogP contribution in [0.4, 0.5) is 0 Å². The lowest BCUT2D eigenvalue weighted by Crippen LogP contribution is -2.29. The average molecular weight is 368 g/mol. The van der Waals surface area contributed by atoms with Crippen molar-refractivity contribution in [2.24, 2.45) is 0 Å². The predicted octanol–water partition coefficient (Wildman–Crippen LogP) is 2.43. The lowest BCUT2D eigenvalue weighted by Gasteiger charge is -2.14. The van der Waals surface area contributed by atoms with Crippen LogP contribution in [0.15, 0.2) is 42.5 Å². The smallest absolute Gasteiger partial charge is 0.215 e. The third-order valence-electron chi connectivity index (χ3n) is 3.84. The van der Waals surface area contributed by atoms with Gasteiger partial charge in [0.05, 0.1) is 18.5 Å². The van der Waals surface area contributed by atoms with Crippen LogP contribution < -0.4 is 9.46 Å². The Morgan fingerprint density at radius 3 is 2.88 bits per heavy atom. The SMILES string of the molecule is O=S(=O)(Cc1cccc(Cl)c1)NCC(O)c1ccc2c(c1)CCO2. The summed E-state index contributed by atoms with van der Waals surface area (Å²) in [6, 6.07) is 12.1. The molecule has 24 heavy (non-hydrogen) atoms. The minimum atomic E-state index is -3.56. The van der Waals surface area contributed by atoms with Crippen LogP contribution in [0.1, 0.15) is 22.8 Å². The summed E-state index contributed by atoms with van der Waals surface area (Å²) >= 11 is 5.86. The Balaban J connectivity index is 1.61. The maximum absolute atomic E-state index is 12.1. The first-order valence-corrected chi connectivity index (χ1v) is 9.61. The summed E-state index contributed by atoms with van der Waals surface area (Å²) in [6.07, 6.45) is -0.110. The minimum Gasteiger partial charge on any atom is -0.493 e. The van der Waals surface area contributed by atoms with Gasteiger partial charge in [0.15, 0.2) is 0 Å². The fourth-order valence-corrected chi connectivity index (χ4v) is 3.98. The van der Waals surface area contributed by atoms with Crippen molar-refractivity contribution >= 4 is 21.6 Å². The molecular formula is C17H18ClNO4S. The van der Waals surface area contributed by atoms with Crippen molar-refractivity contribution in [1.29, 1.82) is 0 Å². The molecule has 0 spiro atoms. The Hall–Kier alpha value is -1.60. The van der Waals surface area contributed by atoms with E-state index in [4.69, 9.17) is 16.3 Å². The standard InChI is InChI=1S/C17H18ClNO4S/c18-15-3-1-2-12(8-15)11-24(21,22)19-10-16(20)13-4-5-17-14(9-13)6-7-23-17/h1-5,8-9,16,19-20H,6-7,10-11H2. The number of benzene rings is 2. The van der Waals surface area contributed by atoms with Gasteiger partial charge in [0.1, 0.15) is 5.75 Å². The molecule has 3 rings (SSSR count). The van der Waals surface area contributed by atoms with Gasteiger partial charge in [0.25, 0.3) is 0 Å². The van der Waals surface area contributed by atoms with Crippen molar-refractivity contribution in [3.63, 3.8) is 0 Å². The third-order valence-corrected chi connectivity index (χ3v) is 5.40. The Kier molecular flexibility index (Phi) is 5.10. The number of ether oxygens (including phenoxy) is 1. The van der Waals surface area contributed by atoms with Crippen molar-refractivity contribution in [3.8, 4) is 5.75 Å². The van der Waals surface area contributed by atoms with Crippen LogP contribution in [0.3, 0.4) is 0 Å². The van der Waals surface area contributed by atoms with Crippen LogP contribution in [0.5, 0.6) is 5.75 Å². The number of fused-ring (bicyclic) bond motifs is 1. The maximum atomic E-state index is 12.1. The monoisotopic (exact) mass is 367 g/mol. The van der Waals surface area contributed by atoms with Gasteiger partial charge in [-0.2, -0.15) is 0 Å². The molecular weight excluding hydrogens is 350 g/mol. The molecule has 1 heterocycles. The molecule has 7 heteroatoms. The lowest BCUT2D eigenvalue weighted by molar-refractivity contribution is 0.182. The first-order valence-electron chi connectivity index (χ1n) is 7.58. The van der Waals surface area contributed by atoms with Gasteiger partial charge in [-0.1, -0.05) is 29.8 Å². The van der Waals surface area contributed by atoms with Gasteiger partial charge in [-0.25, -0.2) is 13.1 Å². The molecule has 5 nitrogen and oxygen atoms in total. The Labute approximate surface area is 146 Å². The van der Waals surface area contributed by atoms with E-state index in [2.05, 4.69) is 4.72 Å². The summed E-state index contributed by atoms with van der Waals surface area (Å²) in [5, 5.41) is 10.7. The number of hydrogen-bond donors (Lipinski definition) is 2. The van der Waals surface area contributed by atoms with Crippen molar-refractivity contribution in [1.82, 2.24) is 4.72 Å². The van der Waals surface area contributed by atoms with Crippen molar-refractivity contribution in [2.75, 3.05) is 13.2 Å². The molecule has 0 radical (unpaired) electrons. The Morgan fingerprint density at radius 2 is 2.08 bits per heavy atom. The van der Waals surface area contributed by atoms with Gasteiger partial charge in [0.2, 0.25) is 10.0 Å². The molecule has 0 saturated carbocycles. The molecule has 0 amide bonds. The van der Waals surface area contributed by atoms with E-state index in [1.165, 1.54) is 0 Å². The minimum absolute atomic E-state index is 0.0808. The summed E-state index contributed by atoms with van der Waals surface area (Å²) in [4.78, 5) is 0. The molecule has 2 N–H and O–H groups in total. The zero-order valence-electron chi connectivity index (χ0n) is 12.9. The highest BCUT2D eigenvalue weighted by atomic mass is 35.5. The van der Waals surface area contributed by atoms with Crippen LogP contribution >= 0.6 is 11.6 Å². The van der Waals surface area contributed by atoms with E-state index in [9.17, 15) is 13.5 Å². The molecule has 0 bridgehead atoms. The number of nitrogens with one attached hydrogen (secondary N) is 1. The molecule has 0 fully saturated rings. The van der Waals surface area contributed by atoms with Gasteiger partial charge in [-0.15, -0.1) is 0 Å². The summed E-state index contributed by atoms with van der Waals surface area (Å²) in [6.45, 7) is 0.559. The van der Waals surface area contributed by atoms with Crippen LogP contribution in [0, 0.1) is 0 Å². The molecule has 2 aromatic carbocycles. The van der Waals surface area contributed by atoms with E-state index in [0.717, 1.165) is 17.7 Å². The molecule has 0 aromatic heterocycles. The van der Waals surface area contributed by atoms with Crippen LogP contribution in [-0.2, 0) is 22.2 Å². The molecule has 1 aliphatic rings. The van der Waals surface area contributed by atoms with E-state index in [1.807, 2.05) is 6.07 Å². The van der Waals surface area contributed by atoms with E-state index < -0.39 is 16.1 Å². The molecule has 0 saturated heterocycles. The zero-order chi connectivity index (χ0) is 17.2. The Bertz CT molecular complexity index is 838. The predicted molar refractivity (Wildman–Crippen MR) is 92.7 cm³/mol. The first kappa shape index (κ1) is 17.2. The summed E-state index contributed by atoms with van der Waals surface area (Å²) in [5.41, 5.74) is 2.30. The van der Waals surface area contributed by atoms with Crippen molar-refractivity contribution in [3.05, 3.63) is 64.2 Å². The first-order chi connectivity index (χ1) is 11.4. The highest BCUT2D eigenvalue weighted by Gasteiger charge is 2.18. The second kappa shape index (κ2) is 7.11. The molecule has 0 aliphatic carbocycles. The lowest BCUT2D eigenvalue weighted by atomic mass is 10.0. The maximum Gasteiger partial charge on any atom is 0.215 e. The van der Waals surface area contributed by atoms with Gasteiger partial charge in [0, 0.05) is 18.0 Å². The van der Waals surface area contributed by atoms with Crippen LogP contribution in [0.2, 0.25) is 5.02 Å². The normalized spacial score (nSPS) is 14.9. The number of rotatable bonds is 6. The van der Waals surface area contributed by atoms with Crippen LogP contribution in [-0.4, -0.2) is 26.7 Å². The van der Waals surface area contributed by atoms with E-state index in [1.54, 1.807) is 36.4 Å². The highest BCUT2D eigenvalue weighted by molar-refractivity contribution is 7.88. The summed E-state index contributed by atoms with van der Waals surface area (Å²) in [7, 11) is -3.56. The van der Waals surface area contributed by atoms with E-state index in [-0.39, 0.29) is 12.3 Å². The highest BCUT2D eigenvalue weighted by Crippen LogP contribution is 2.28. The van der Waals surface area contributed by atoms with Crippen LogP contribution in [0.25, 0.3) is 0 Å². The van der Waals surface area contributed by atoms with Crippen molar-refractivity contribution < 1.29 is 18.3 Å². The molecule has 1 unspecified atom stereocenters. The largest absolute Gasteiger partial charge is 0.493 e. The number of hydrogen-bond acceptors (Lipinski definition) is 4. The summed E-state index contributed by atoms with van der Waals surface area (Å²) < 4.78 is 32.2. The number of sulfonamides is 1. The second-order valence-electron chi connectivity index (χ2n) is 5.72. The van der Waals surface area contributed by atoms with Crippen molar-refractivity contribution in [2.45, 2.75) is 18.3 Å². The van der Waals surface area contributed by atoms with Gasteiger partial charge in [-0.3, -0.25) is 0 Å². The zero-order valence-corrected chi connectivity index (χ0v) is 14.5. The third kappa shape index (κ3) is 4.27. The van der Waals surface area contributed by atoms with Gasteiger partial charge < -0.3 is 9.84 Å². The number of aliphatic hydroxyl groups excluding tert-OH is 1. The molecule has 1 atom stereocenters. The fraction of sp³-hybridized carbons (Fsp3) is 0.294. The fourth-order valence-electron chi connectivity index (χ4n) is 2.63. The number of halogens is 1. The second-order valence-corrected chi connectivity index (χ2v) is 7.96. The van der Waals surface area contributed by atoms with E-state index >= 15 is 0 Å². The molecule has 2 aromatic rings. The molecule has 128 valence electrons. The molecule has 1 aliphatic heterocycles. The average Bonchev–Trinajstić information content (AvgIpc) is 2.99. The summed E-state index contributed by atoms with van der Waals surface area (Å²) in [5.74, 6) is 0.644. The topological polar surface area (TPSA) is 75.6 Å². The van der Waals surface area contributed by atoms with Gasteiger partial charge >= 0.3 is 0 Å². The van der Waals surface area contributed by atoms with E-state index in [0.29, 0.717) is 22.8 Å². The Morgan fingerprint density at radius 1 is 1.25 bits per heavy atom.